The van der Waals surface area contributed by atoms with Gasteiger partial charge < -0.3 is 10.0 Å². The number of amides is 1. The number of hydrogen-bond acceptors (Lipinski definition) is 2. The number of likely N-dealkylation sites (tertiary alicyclic amines) is 1. The normalized spacial score (nSPS) is 28.3. The van der Waals surface area contributed by atoms with Crippen molar-refractivity contribution in [3.05, 3.63) is 35.6 Å². The van der Waals surface area contributed by atoms with Crippen LogP contribution >= 0.6 is 0 Å². The smallest absolute Gasteiger partial charge is 0.308 e. The molecule has 1 N–H and O–H groups in total. The van der Waals surface area contributed by atoms with E-state index in [0.717, 1.165) is 25.7 Å². The predicted octanol–water partition coefficient (Wildman–Crippen LogP) is 3.21. The Morgan fingerprint density at radius 1 is 1.12 bits per heavy atom. The second-order valence-electron chi connectivity index (χ2n) is 7.93. The van der Waals surface area contributed by atoms with Crippen molar-refractivity contribution in [3.8, 4) is 0 Å². The number of carbonyl (C=O) groups is 2. The summed E-state index contributed by atoms with van der Waals surface area (Å²) in [5, 5.41) is 9.55. The molecule has 4 nitrogen and oxygen atoms in total. The van der Waals surface area contributed by atoms with Crippen LogP contribution in [0, 0.1) is 23.6 Å². The number of carbonyl (C=O) groups excluding carboxylic acids is 1. The van der Waals surface area contributed by atoms with Gasteiger partial charge in [0.25, 0.3) is 0 Å². The molecular formula is C20H24FNO3. The topological polar surface area (TPSA) is 57.6 Å². The molecule has 3 fully saturated rings. The van der Waals surface area contributed by atoms with Gasteiger partial charge in [0.05, 0.1) is 11.3 Å². The molecule has 1 aromatic carbocycles. The molecule has 1 aliphatic heterocycles. The number of carboxylic acids is 1. The first-order valence-electron chi connectivity index (χ1n) is 9.30. The number of benzene rings is 1. The zero-order valence-corrected chi connectivity index (χ0v) is 14.3. The van der Waals surface area contributed by atoms with Crippen molar-refractivity contribution in [1.82, 2.24) is 4.90 Å². The van der Waals surface area contributed by atoms with Crippen molar-refractivity contribution in [2.45, 2.75) is 43.9 Å². The Kier molecular flexibility index (Phi) is 4.05. The summed E-state index contributed by atoms with van der Waals surface area (Å²) in [6.07, 6.45) is 5.23. The molecule has 134 valence electrons. The average Bonchev–Trinajstić information content (AvgIpc) is 3.16. The first-order chi connectivity index (χ1) is 12.0. The van der Waals surface area contributed by atoms with E-state index in [1.807, 2.05) is 0 Å². The fourth-order valence-electron chi connectivity index (χ4n) is 4.99. The van der Waals surface area contributed by atoms with Gasteiger partial charge in [-0.15, -0.1) is 0 Å². The second kappa shape index (κ2) is 6.11. The minimum Gasteiger partial charge on any atom is -0.481 e. The van der Waals surface area contributed by atoms with E-state index in [-0.39, 0.29) is 24.2 Å². The molecule has 1 aromatic rings. The van der Waals surface area contributed by atoms with E-state index in [9.17, 15) is 19.1 Å². The molecule has 4 rings (SSSR count). The number of carboxylic acid groups (broad SMARTS) is 1. The number of aliphatic carboxylic acids is 1. The van der Waals surface area contributed by atoms with Crippen molar-refractivity contribution in [2.75, 3.05) is 13.1 Å². The molecule has 0 aromatic heterocycles. The Hall–Kier alpha value is -1.91. The Bertz CT molecular complexity index is 694. The molecule has 0 bridgehead atoms. The maximum atomic E-state index is 14.5. The van der Waals surface area contributed by atoms with Crippen LogP contribution in [0.3, 0.4) is 0 Å². The van der Waals surface area contributed by atoms with Crippen molar-refractivity contribution in [2.24, 2.45) is 17.8 Å². The van der Waals surface area contributed by atoms with E-state index in [1.54, 1.807) is 23.1 Å². The Morgan fingerprint density at radius 2 is 1.80 bits per heavy atom. The van der Waals surface area contributed by atoms with Gasteiger partial charge in [0.1, 0.15) is 5.82 Å². The van der Waals surface area contributed by atoms with Gasteiger partial charge in [-0.05, 0) is 43.6 Å². The zero-order valence-electron chi connectivity index (χ0n) is 14.3. The zero-order chi connectivity index (χ0) is 17.6. The van der Waals surface area contributed by atoms with Crippen LogP contribution in [0.15, 0.2) is 24.3 Å². The van der Waals surface area contributed by atoms with Crippen LogP contribution in [-0.2, 0) is 15.0 Å². The minimum absolute atomic E-state index is 0.0560. The molecule has 0 spiro atoms. The van der Waals surface area contributed by atoms with Gasteiger partial charge in [-0.25, -0.2) is 4.39 Å². The fourth-order valence-corrected chi connectivity index (χ4v) is 4.99. The van der Waals surface area contributed by atoms with Crippen molar-refractivity contribution < 1.29 is 19.1 Å². The molecule has 0 radical (unpaired) electrons. The molecule has 1 saturated heterocycles. The van der Waals surface area contributed by atoms with Crippen LogP contribution in [0.2, 0.25) is 0 Å². The van der Waals surface area contributed by atoms with Gasteiger partial charge in [0, 0.05) is 18.7 Å². The Morgan fingerprint density at radius 3 is 2.40 bits per heavy atom. The lowest BCUT2D eigenvalue weighted by Gasteiger charge is -2.33. The molecule has 0 unspecified atom stereocenters. The monoisotopic (exact) mass is 345 g/mol. The van der Waals surface area contributed by atoms with Crippen LogP contribution in [0.1, 0.15) is 44.1 Å². The molecule has 2 aliphatic carbocycles. The predicted molar refractivity (Wildman–Crippen MR) is 90.5 cm³/mol. The van der Waals surface area contributed by atoms with Gasteiger partial charge in [0.15, 0.2) is 0 Å². The van der Waals surface area contributed by atoms with Crippen molar-refractivity contribution >= 4 is 11.9 Å². The minimum atomic E-state index is -0.813. The number of hydrogen-bond donors (Lipinski definition) is 1. The Labute approximate surface area is 147 Å². The quantitative estimate of drug-likeness (QED) is 0.912. The molecule has 3 aliphatic rings. The fraction of sp³-hybridized carbons (Fsp3) is 0.600. The van der Waals surface area contributed by atoms with Crippen LogP contribution in [0.25, 0.3) is 0 Å². The number of halogens is 1. The highest BCUT2D eigenvalue weighted by molar-refractivity contribution is 5.89. The Balaban J connectivity index is 1.64. The van der Waals surface area contributed by atoms with Gasteiger partial charge in [-0.1, -0.05) is 31.0 Å². The third-order valence-corrected chi connectivity index (χ3v) is 6.45. The molecule has 1 amide bonds. The molecule has 25 heavy (non-hydrogen) atoms. The molecule has 2 atom stereocenters. The van der Waals surface area contributed by atoms with Crippen molar-refractivity contribution in [3.63, 3.8) is 0 Å². The first kappa shape index (κ1) is 16.6. The summed E-state index contributed by atoms with van der Waals surface area (Å²) in [5.74, 6) is -1.18. The summed E-state index contributed by atoms with van der Waals surface area (Å²) < 4.78 is 14.5. The summed E-state index contributed by atoms with van der Waals surface area (Å²) in [7, 11) is 0. The lowest BCUT2D eigenvalue weighted by Crippen LogP contribution is -2.45. The van der Waals surface area contributed by atoms with Gasteiger partial charge in [-0.3, -0.25) is 9.59 Å². The molecule has 1 heterocycles. The van der Waals surface area contributed by atoms with Crippen LogP contribution in [0.4, 0.5) is 4.39 Å². The summed E-state index contributed by atoms with van der Waals surface area (Å²) >= 11 is 0. The summed E-state index contributed by atoms with van der Waals surface area (Å²) in [4.78, 5) is 26.8. The SMILES string of the molecule is O=C(O)[C@H]1CN(C(=O)C2(c3ccccc3F)CCCC2)C[C@@H]1C1CC1. The number of nitrogens with zero attached hydrogens (tertiary/aromatic N) is 1. The van der Waals surface area contributed by atoms with E-state index in [0.29, 0.717) is 30.9 Å². The lowest BCUT2D eigenvalue weighted by molar-refractivity contribution is -0.143. The van der Waals surface area contributed by atoms with E-state index in [4.69, 9.17) is 0 Å². The van der Waals surface area contributed by atoms with Gasteiger partial charge in [-0.2, -0.15) is 0 Å². The highest BCUT2D eigenvalue weighted by Crippen LogP contribution is 2.48. The van der Waals surface area contributed by atoms with Crippen LogP contribution < -0.4 is 0 Å². The standard InChI is InChI=1S/C20H24FNO3/c21-17-6-2-1-5-16(17)20(9-3-4-10-20)19(25)22-11-14(13-7-8-13)15(12-22)18(23)24/h1-2,5-6,13-15H,3-4,7-12H2,(H,23,24)/t14-,15+/m1/s1. The number of rotatable bonds is 4. The maximum Gasteiger partial charge on any atom is 0.308 e. The largest absolute Gasteiger partial charge is 0.481 e. The third-order valence-electron chi connectivity index (χ3n) is 6.45. The summed E-state index contributed by atoms with van der Waals surface area (Å²) in [6, 6.07) is 6.57. The molecule has 2 saturated carbocycles. The average molecular weight is 345 g/mol. The molecular weight excluding hydrogens is 321 g/mol. The highest BCUT2D eigenvalue weighted by Gasteiger charge is 2.52. The lowest BCUT2D eigenvalue weighted by atomic mass is 9.77. The third kappa shape index (κ3) is 2.74. The van der Waals surface area contributed by atoms with Gasteiger partial charge in [0.2, 0.25) is 5.91 Å². The summed E-state index contributed by atoms with van der Waals surface area (Å²) in [5.41, 5.74) is -0.327. The van der Waals surface area contributed by atoms with Gasteiger partial charge >= 0.3 is 5.97 Å². The van der Waals surface area contributed by atoms with E-state index in [1.165, 1.54) is 6.07 Å². The highest BCUT2D eigenvalue weighted by atomic mass is 19.1. The maximum absolute atomic E-state index is 14.5. The van der Waals surface area contributed by atoms with E-state index in [2.05, 4.69) is 0 Å². The van der Waals surface area contributed by atoms with Crippen LogP contribution in [0.5, 0.6) is 0 Å². The second-order valence-corrected chi connectivity index (χ2v) is 7.93. The summed E-state index contributed by atoms with van der Waals surface area (Å²) in [6.45, 7) is 0.780. The molecule has 5 heteroatoms. The van der Waals surface area contributed by atoms with Crippen molar-refractivity contribution in [1.29, 1.82) is 0 Å². The van der Waals surface area contributed by atoms with Crippen LogP contribution in [-0.4, -0.2) is 35.0 Å². The van der Waals surface area contributed by atoms with E-state index >= 15 is 0 Å². The van der Waals surface area contributed by atoms with E-state index < -0.39 is 17.3 Å². The first-order valence-corrected chi connectivity index (χ1v) is 9.30.